The summed E-state index contributed by atoms with van der Waals surface area (Å²) < 4.78 is 15.1. The molecule has 0 radical (unpaired) electrons. The fourth-order valence-electron chi connectivity index (χ4n) is 2.16. The summed E-state index contributed by atoms with van der Waals surface area (Å²) in [6.45, 7) is 0.788. The Morgan fingerprint density at radius 3 is 2.81 bits per heavy atom. The third-order valence-electron chi connectivity index (χ3n) is 3.29. The first-order valence-electron chi connectivity index (χ1n) is 6.30. The first-order chi connectivity index (χ1) is 10.1. The normalized spacial score (nSPS) is 21.0. The van der Waals surface area contributed by atoms with Gasteiger partial charge < -0.3 is 19.5 Å². The van der Waals surface area contributed by atoms with E-state index in [1.165, 1.54) is 25.3 Å². The monoisotopic (exact) mass is 296 g/mol. The van der Waals surface area contributed by atoms with Crippen molar-refractivity contribution in [1.82, 2.24) is 0 Å². The van der Waals surface area contributed by atoms with Crippen LogP contribution in [0.4, 0.5) is 11.4 Å². The van der Waals surface area contributed by atoms with E-state index in [0.29, 0.717) is 13.2 Å². The Labute approximate surface area is 121 Å². The van der Waals surface area contributed by atoms with Crippen LogP contribution in [-0.4, -0.2) is 50.5 Å². The first kappa shape index (κ1) is 15.2. The van der Waals surface area contributed by atoms with E-state index in [9.17, 15) is 14.9 Å². The van der Waals surface area contributed by atoms with Crippen LogP contribution in [0, 0.1) is 10.1 Å². The Kier molecular flexibility index (Phi) is 4.71. The summed E-state index contributed by atoms with van der Waals surface area (Å²) in [5.74, 6) is -0.557. The van der Waals surface area contributed by atoms with Crippen LogP contribution in [0.2, 0.25) is 0 Å². The SMILES string of the molecule is COC(=O)c1ccc([N+](=O)[O-])c(NC2COCC2OC)c1. The molecule has 1 aliphatic heterocycles. The van der Waals surface area contributed by atoms with Gasteiger partial charge in [0.2, 0.25) is 0 Å². The molecular formula is C13H16N2O6. The summed E-state index contributed by atoms with van der Waals surface area (Å²) in [5.41, 5.74) is 0.350. The van der Waals surface area contributed by atoms with E-state index < -0.39 is 10.9 Å². The van der Waals surface area contributed by atoms with Gasteiger partial charge in [-0.2, -0.15) is 0 Å². The van der Waals surface area contributed by atoms with Crippen LogP contribution in [0.1, 0.15) is 10.4 Å². The number of rotatable bonds is 5. The van der Waals surface area contributed by atoms with E-state index in [-0.39, 0.29) is 29.1 Å². The highest BCUT2D eigenvalue weighted by molar-refractivity contribution is 5.91. The number of methoxy groups -OCH3 is 2. The van der Waals surface area contributed by atoms with E-state index in [0.717, 1.165) is 0 Å². The lowest BCUT2D eigenvalue weighted by atomic mass is 10.1. The molecule has 0 aromatic heterocycles. The number of hydrogen-bond donors (Lipinski definition) is 1. The number of nitro benzene ring substituents is 1. The van der Waals surface area contributed by atoms with Gasteiger partial charge in [0, 0.05) is 13.2 Å². The van der Waals surface area contributed by atoms with Gasteiger partial charge in [0.15, 0.2) is 0 Å². The minimum atomic E-state index is -0.557. The zero-order valence-electron chi connectivity index (χ0n) is 11.7. The fourth-order valence-corrected chi connectivity index (χ4v) is 2.16. The molecule has 2 rings (SSSR count). The van der Waals surface area contributed by atoms with Crippen LogP contribution < -0.4 is 5.32 Å². The maximum atomic E-state index is 11.5. The van der Waals surface area contributed by atoms with Gasteiger partial charge in [0.05, 0.1) is 36.9 Å². The summed E-state index contributed by atoms with van der Waals surface area (Å²) in [6.07, 6.45) is -0.202. The summed E-state index contributed by atoms with van der Waals surface area (Å²) in [4.78, 5) is 22.1. The van der Waals surface area contributed by atoms with Crippen LogP contribution in [0.3, 0.4) is 0 Å². The minimum absolute atomic E-state index is 0.121. The molecule has 1 heterocycles. The van der Waals surface area contributed by atoms with Gasteiger partial charge >= 0.3 is 5.97 Å². The molecule has 0 aliphatic carbocycles. The van der Waals surface area contributed by atoms with Crippen LogP contribution in [0.25, 0.3) is 0 Å². The number of nitro groups is 1. The molecule has 0 amide bonds. The molecule has 114 valence electrons. The molecule has 2 atom stereocenters. The average Bonchev–Trinajstić information content (AvgIpc) is 2.93. The summed E-state index contributed by atoms with van der Waals surface area (Å²) in [6, 6.07) is 3.80. The van der Waals surface area contributed by atoms with E-state index >= 15 is 0 Å². The molecular weight excluding hydrogens is 280 g/mol. The van der Waals surface area contributed by atoms with Gasteiger partial charge in [-0.25, -0.2) is 4.79 Å². The van der Waals surface area contributed by atoms with Crippen molar-refractivity contribution in [3.05, 3.63) is 33.9 Å². The van der Waals surface area contributed by atoms with Crippen molar-refractivity contribution in [3.8, 4) is 0 Å². The number of ether oxygens (including phenoxy) is 3. The molecule has 21 heavy (non-hydrogen) atoms. The Morgan fingerprint density at radius 2 is 2.19 bits per heavy atom. The number of hydrogen-bond acceptors (Lipinski definition) is 7. The van der Waals surface area contributed by atoms with Gasteiger partial charge in [0.1, 0.15) is 11.8 Å². The molecule has 1 N–H and O–H groups in total. The van der Waals surface area contributed by atoms with Crippen LogP contribution in [0.15, 0.2) is 18.2 Å². The molecule has 1 saturated heterocycles. The van der Waals surface area contributed by atoms with E-state index in [1.807, 2.05) is 0 Å². The van der Waals surface area contributed by atoms with Gasteiger partial charge in [-0.3, -0.25) is 10.1 Å². The highest BCUT2D eigenvalue weighted by Gasteiger charge is 2.30. The second kappa shape index (κ2) is 6.51. The van der Waals surface area contributed by atoms with Crippen LogP contribution >= 0.6 is 0 Å². The number of carbonyl (C=O) groups excluding carboxylic acids is 1. The average molecular weight is 296 g/mol. The second-order valence-corrected chi connectivity index (χ2v) is 4.54. The molecule has 8 nitrogen and oxygen atoms in total. The topological polar surface area (TPSA) is 99.9 Å². The zero-order valence-corrected chi connectivity index (χ0v) is 11.7. The summed E-state index contributed by atoms with van der Waals surface area (Å²) >= 11 is 0. The van der Waals surface area contributed by atoms with Crippen molar-refractivity contribution in [2.75, 3.05) is 32.8 Å². The lowest BCUT2D eigenvalue weighted by Crippen LogP contribution is -2.33. The third kappa shape index (κ3) is 3.29. The quantitative estimate of drug-likeness (QED) is 0.495. The van der Waals surface area contributed by atoms with Crippen molar-refractivity contribution < 1.29 is 23.9 Å². The number of nitrogens with one attached hydrogen (secondary N) is 1. The fraction of sp³-hybridized carbons (Fsp3) is 0.462. The molecule has 1 aliphatic rings. The van der Waals surface area contributed by atoms with Crippen molar-refractivity contribution in [2.45, 2.75) is 12.1 Å². The maximum Gasteiger partial charge on any atom is 0.337 e. The number of nitrogens with zero attached hydrogens (tertiary/aromatic N) is 1. The number of anilines is 1. The molecule has 1 aromatic rings. The third-order valence-corrected chi connectivity index (χ3v) is 3.29. The van der Waals surface area contributed by atoms with E-state index in [2.05, 4.69) is 10.1 Å². The largest absolute Gasteiger partial charge is 0.465 e. The van der Waals surface area contributed by atoms with Crippen molar-refractivity contribution in [3.63, 3.8) is 0 Å². The molecule has 8 heteroatoms. The Hall–Kier alpha value is -2.19. The van der Waals surface area contributed by atoms with Gasteiger partial charge in [-0.05, 0) is 12.1 Å². The predicted molar refractivity (Wildman–Crippen MR) is 73.5 cm³/mol. The van der Waals surface area contributed by atoms with Crippen LogP contribution in [-0.2, 0) is 14.2 Å². The molecule has 2 unspecified atom stereocenters. The lowest BCUT2D eigenvalue weighted by molar-refractivity contribution is -0.384. The standard InChI is InChI=1S/C13H16N2O6/c1-19-12-7-21-6-10(12)14-9-5-8(13(16)20-2)3-4-11(9)15(17)18/h3-5,10,12,14H,6-7H2,1-2H3. The number of carbonyl (C=O) groups is 1. The zero-order chi connectivity index (χ0) is 15.4. The number of esters is 1. The molecule has 0 bridgehead atoms. The Balaban J connectivity index is 2.30. The van der Waals surface area contributed by atoms with Crippen molar-refractivity contribution >= 4 is 17.3 Å². The first-order valence-corrected chi connectivity index (χ1v) is 6.30. The van der Waals surface area contributed by atoms with Crippen molar-refractivity contribution in [1.29, 1.82) is 0 Å². The van der Waals surface area contributed by atoms with E-state index in [1.54, 1.807) is 7.11 Å². The Bertz CT molecular complexity index is 547. The highest BCUT2D eigenvalue weighted by Crippen LogP contribution is 2.28. The molecule has 0 spiro atoms. The van der Waals surface area contributed by atoms with Gasteiger partial charge in [-0.1, -0.05) is 0 Å². The summed E-state index contributed by atoms with van der Waals surface area (Å²) in [5, 5.41) is 14.1. The van der Waals surface area contributed by atoms with Gasteiger partial charge in [0.25, 0.3) is 5.69 Å². The molecule has 1 aromatic carbocycles. The lowest BCUT2D eigenvalue weighted by Gasteiger charge is -2.19. The smallest absolute Gasteiger partial charge is 0.337 e. The van der Waals surface area contributed by atoms with Gasteiger partial charge in [-0.15, -0.1) is 0 Å². The number of benzene rings is 1. The second-order valence-electron chi connectivity index (χ2n) is 4.54. The molecule has 0 saturated carbocycles. The van der Waals surface area contributed by atoms with Crippen LogP contribution in [0.5, 0.6) is 0 Å². The Morgan fingerprint density at radius 1 is 1.43 bits per heavy atom. The maximum absolute atomic E-state index is 11.5. The summed E-state index contributed by atoms with van der Waals surface area (Å²) in [7, 11) is 2.80. The predicted octanol–water partition coefficient (Wildman–Crippen LogP) is 1.21. The van der Waals surface area contributed by atoms with E-state index in [4.69, 9.17) is 9.47 Å². The van der Waals surface area contributed by atoms with Crippen molar-refractivity contribution in [2.24, 2.45) is 0 Å². The molecule has 1 fully saturated rings. The minimum Gasteiger partial charge on any atom is -0.465 e. The highest BCUT2D eigenvalue weighted by atomic mass is 16.6.